The maximum atomic E-state index is 14.4. The molecule has 1 aromatic heterocycles. The number of fused-ring (bicyclic) bond motifs is 2. The number of hydrogen-bond donors (Lipinski definition) is 1. The minimum atomic E-state index is -4.49. The molecule has 3 aliphatic heterocycles. The number of hydrogen-bond acceptors (Lipinski definition) is 7. The summed E-state index contributed by atoms with van der Waals surface area (Å²) in [5.41, 5.74) is -0.526. The van der Waals surface area contributed by atoms with Crippen molar-refractivity contribution in [2.75, 3.05) is 60.6 Å². The van der Waals surface area contributed by atoms with E-state index in [4.69, 9.17) is 9.47 Å². The number of amides is 2. The first-order valence-corrected chi connectivity index (χ1v) is 14.1. The fourth-order valence-corrected chi connectivity index (χ4v) is 7.00. The van der Waals surface area contributed by atoms with E-state index in [-0.39, 0.29) is 42.5 Å². The highest BCUT2D eigenvalue weighted by Crippen LogP contribution is 2.51. The predicted molar refractivity (Wildman–Crippen MR) is 140 cm³/mol. The summed E-state index contributed by atoms with van der Waals surface area (Å²) >= 11 is 0. The Bertz CT molecular complexity index is 1100. The third kappa shape index (κ3) is 5.86. The Kier molecular flexibility index (Phi) is 8.43. The summed E-state index contributed by atoms with van der Waals surface area (Å²) in [6.45, 7) is 3.14. The number of nitrogens with zero attached hydrogens (tertiary/aromatic N) is 4. The molecule has 9 nitrogen and oxygen atoms in total. The normalized spacial score (nSPS) is 30.5. The molecule has 2 amide bonds. The largest absolute Gasteiger partial charge is 0.417 e. The summed E-state index contributed by atoms with van der Waals surface area (Å²) in [7, 11) is 5.52. The van der Waals surface area contributed by atoms with Crippen LogP contribution in [-0.4, -0.2) is 110 Å². The van der Waals surface area contributed by atoms with Crippen LogP contribution in [0.15, 0.2) is 12.3 Å². The second kappa shape index (κ2) is 11.5. The van der Waals surface area contributed by atoms with Crippen LogP contribution in [0.5, 0.6) is 0 Å². The van der Waals surface area contributed by atoms with Gasteiger partial charge in [0.2, 0.25) is 11.8 Å². The number of carbonyl (C=O) groups excluding carboxylic acids is 2. The quantitative estimate of drug-likeness (QED) is 0.539. The molecule has 1 aromatic rings. The van der Waals surface area contributed by atoms with E-state index < -0.39 is 17.2 Å². The molecule has 12 heteroatoms. The van der Waals surface area contributed by atoms with Crippen LogP contribution in [0.1, 0.15) is 42.5 Å². The SMILES string of the molecule is CO[C@@H]1COCC[C@@H]1N[C@@H]1C[C@H]2CN(C(=O)CCN(C)C)C[C@@]2(C(=O)N2CCc3ncc(C(F)(F)F)cc3C2)C1. The Morgan fingerprint density at radius 1 is 1.30 bits per heavy atom. The van der Waals surface area contributed by atoms with Crippen molar-refractivity contribution < 1.29 is 32.2 Å². The second-order valence-electron chi connectivity index (χ2n) is 12.0. The molecule has 0 aromatic carbocycles. The van der Waals surface area contributed by atoms with Crippen molar-refractivity contribution in [2.24, 2.45) is 11.3 Å². The van der Waals surface area contributed by atoms with Gasteiger partial charge in [0.05, 0.1) is 23.7 Å². The maximum Gasteiger partial charge on any atom is 0.417 e. The van der Waals surface area contributed by atoms with E-state index in [1.165, 1.54) is 0 Å². The van der Waals surface area contributed by atoms with Gasteiger partial charge in [-0.1, -0.05) is 0 Å². The molecule has 1 saturated carbocycles. The number of rotatable bonds is 7. The molecule has 5 atom stereocenters. The fraction of sp³-hybridized carbons (Fsp3) is 0.750. The van der Waals surface area contributed by atoms with Crippen molar-refractivity contribution in [3.63, 3.8) is 0 Å². The number of likely N-dealkylation sites (tertiary alicyclic amines) is 1. The molecule has 40 heavy (non-hydrogen) atoms. The van der Waals surface area contributed by atoms with Gasteiger partial charge in [0, 0.05) is 83.3 Å². The molecular weight excluding hydrogens is 527 g/mol. The summed E-state index contributed by atoms with van der Waals surface area (Å²) in [6.07, 6.45) is -0.766. The Morgan fingerprint density at radius 2 is 2.10 bits per heavy atom. The van der Waals surface area contributed by atoms with Crippen molar-refractivity contribution in [1.82, 2.24) is 25.0 Å². The molecule has 1 N–H and O–H groups in total. The third-order valence-electron chi connectivity index (χ3n) is 9.14. The van der Waals surface area contributed by atoms with E-state index in [0.717, 1.165) is 25.1 Å². The number of halogens is 3. The fourth-order valence-electron chi connectivity index (χ4n) is 7.00. The van der Waals surface area contributed by atoms with Crippen LogP contribution >= 0.6 is 0 Å². The monoisotopic (exact) mass is 567 g/mol. The highest BCUT2D eigenvalue weighted by atomic mass is 19.4. The Hall–Kier alpha value is -2.28. The molecule has 5 rings (SSSR count). The first-order chi connectivity index (χ1) is 19.0. The lowest BCUT2D eigenvalue weighted by atomic mass is 9.78. The summed E-state index contributed by atoms with van der Waals surface area (Å²) in [6, 6.07) is 1.31. The lowest BCUT2D eigenvalue weighted by Gasteiger charge is -2.37. The van der Waals surface area contributed by atoms with Crippen LogP contribution in [0.3, 0.4) is 0 Å². The number of methoxy groups -OCH3 is 1. The van der Waals surface area contributed by atoms with Crippen molar-refractivity contribution in [2.45, 2.75) is 63.0 Å². The molecule has 0 bridgehead atoms. The first kappa shape index (κ1) is 29.2. The Labute approximate surface area is 233 Å². The number of ether oxygens (including phenoxy) is 2. The van der Waals surface area contributed by atoms with Gasteiger partial charge in [-0.15, -0.1) is 0 Å². The number of pyridine rings is 1. The van der Waals surface area contributed by atoms with Crippen LogP contribution in [0.4, 0.5) is 13.2 Å². The molecular formula is C28H40F3N5O4. The lowest BCUT2D eigenvalue weighted by Crippen LogP contribution is -2.52. The summed E-state index contributed by atoms with van der Waals surface area (Å²) in [5.74, 6) is -0.0580. The van der Waals surface area contributed by atoms with E-state index in [1.54, 1.807) is 12.0 Å². The van der Waals surface area contributed by atoms with Gasteiger partial charge in [0.25, 0.3) is 0 Å². The van der Waals surface area contributed by atoms with Gasteiger partial charge >= 0.3 is 6.18 Å². The third-order valence-corrected chi connectivity index (χ3v) is 9.14. The molecule has 4 aliphatic rings. The van der Waals surface area contributed by atoms with Gasteiger partial charge in [-0.05, 0) is 50.9 Å². The smallest absolute Gasteiger partial charge is 0.379 e. The standard InChI is InChI=1S/C28H40F3N5O4/c1-34(2)7-5-25(37)36-15-20-11-21(33-23-6-9-40-16-24(23)39-3)12-27(20,17-36)26(38)35-8-4-22-18(14-35)10-19(13-32-22)28(29,30)31/h10,13,20-21,23-24,33H,4-9,11-12,14-17H2,1-3H3/t20-,21+,23-,24+,27-/m0/s1. The minimum Gasteiger partial charge on any atom is -0.379 e. The van der Waals surface area contributed by atoms with Crippen LogP contribution in [0.25, 0.3) is 0 Å². The zero-order chi connectivity index (χ0) is 28.7. The van der Waals surface area contributed by atoms with Crippen molar-refractivity contribution in [3.8, 4) is 0 Å². The summed E-state index contributed by atoms with van der Waals surface area (Å²) < 4.78 is 51.3. The lowest BCUT2D eigenvalue weighted by molar-refractivity contribution is -0.144. The van der Waals surface area contributed by atoms with E-state index in [1.807, 2.05) is 23.9 Å². The summed E-state index contributed by atoms with van der Waals surface area (Å²) in [4.78, 5) is 37.0. The van der Waals surface area contributed by atoms with Crippen LogP contribution in [-0.2, 0) is 38.2 Å². The number of alkyl halides is 3. The van der Waals surface area contributed by atoms with Gasteiger partial charge in [-0.3, -0.25) is 14.6 Å². The average Bonchev–Trinajstić information content (AvgIpc) is 3.45. The molecule has 2 saturated heterocycles. The van der Waals surface area contributed by atoms with Crippen molar-refractivity contribution >= 4 is 11.8 Å². The number of aromatic nitrogens is 1. The highest BCUT2D eigenvalue weighted by molar-refractivity contribution is 5.86. The Balaban J connectivity index is 1.36. The van der Waals surface area contributed by atoms with Gasteiger partial charge < -0.3 is 29.5 Å². The van der Waals surface area contributed by atoms with Crippen LogP contribution < -0.4 is 5.32 Å². The molecule has 4 heterocycles. The zero-order valence-electron chi connectivity index (χ0n) is 23.5. The van der Waals surface area contributed by atoms with E-state index in [0.29, 0.717) is 69.9 Å². The molecule has 0 spiro atoms. The average molecular weight is 568 g/mol. The van der Waals surface area contributed by atoms with E-state index in [9.17, 15) is 22.8 Å². The second-order valence-corrected chi connectivity index (χ2v) is 12.0. The van der Waals surface area contributed by atoms with E-state index >= 15 is 0 Å². The summed E-state index contributed by atoms with van der Waals surface area (Å²) in [5, 5.41) is 3.73. The molecule has 0 unspecified atom stereocenters. The van der Waals surface area contributed by atoms with Gasteiger partial charge in [-0.25, -0.2) is 0 Å². The molecule has 0 radical (unpaired) electrons. The van der Waals surface area contributed by atoms with Crippen LogP contribution in [0.2, 0.25) is 0 Å². The Morgan fingerprint density at radius 3 is 2.83 bits per heavy atom. The van der Waals surface area contributed by atoms with Crippen molar-refractivity contribution in [3.05, 3.63) is 29.1 Å². The maximum absolute atomic E-state index is 14.4. The minimum absolute atomic E-state index is 0.0253. The highest BCUT2D eigenvalue weighted by Gasteiger charge is 2.59. The predicted octanol–water partition coefficient (Wildman–Crippen LogP) is 1.94. The van der Waals surface area contributed by atoms with Gasteiger partial charge in [0.15, 0.2) is 0 Å². The van der Waals surface area contributed by atoms with Crippen LogP contribution in [0, 0.1) is 11.3 Å². The first-order valence-electron chi connectivity index (χ1n) is 14.1. The van der Waals surface area contributed by atoms with Crippen molar-refractivity contribution in [1.29, 1.82) is 0 Å². The number of nitrogens with one attached hydrogen (secondary N) is 1. The molecule has 3 fully saturated rings. The zero-order valence-corrected chi connectivity index (χ0v) is 23.5. The molecule has 1 aliphatic carbocycles. The van der Waals surface area contributed by atoms with Gasteiger partial charge in [0.1, 0.15) is 0 Å². The van der Waals surface area contributed by atoms with E-state index in [2.05, 4.69) is 10.3 Å². The number of carbonyl (C=O) groups is 2. The molecule has 222 valence electrons. The van der Waals surface area contributed by atoms with Gasteiger partial charge in [-0.2, -0.15) is 13.2 Å². The topological polar surface area (TPSA) is 87.2 Å².